The van der Waals surface area contributed by atoms with Crippen LogP contribution in [-0.2, 0) is 0 Å². The molecule has 0 amide bonds. The van der Waals surface area contributed by atoms with Crippen molar-refractivity contribution in [3.63, 3.8) is 0 Å². The van der Waals surface area contributed by atoms with Crippen LogP contribution >= 0.6 is 0 Å². The number of allylic oxidation sites excluding steroid dienone is 1. The molecule has 1 aliphatic rings. The van der Waals surface area contributed by atoms with Crippen LogP contribution in [0.3, 0.4) is 0 Å². The van der Waals surface area contributed by atoms with Crippen LogP contribution in [0.25, 0.3) is 0 Å². The summed E-state index contributed by atoms with van der Waals surface area (Å²) in [4.78, 5) is 0. The van der Waals surface area contributed by atoms with Crippen molar-refractivity contribution in [1.29, 1.82) is 5.26 Å². The highest BCUT2D eigenvalue weighted by molar-refractivity contribution is 5.09. The minimum Gasteiger partial charge on any atom is -0.375 e. The van der Waals surface area contributed by atoms with Gasteiger partial charge in [-0.3, -0.25) is 0 Å². The zero-order valence-electron chi connectivity index (χ0n) is 6.58. The molecule has 2 heteroatoms. The SMILES string of the molecule is C=CC[C@H]1CCC[C@]1(O)C#N. The molecule has 0 aromatic rings. The minimum absolute atomic E-state index is 0.116. The van der Waals surface area contributed by atoms with Gasteiger partial charge in [0.15, 0.2) is 5.60 Å². The molecule has 1 N–H and O–H groups in total. The third kappa shape index (κ3) is 1.44. The Morgan fingerprint density at radius 1 is 1.82 bits per heavy atom. The molecule has 0 aliphatic heterocycles. The van der Waals surface area contributed by atoms with Gasteiger partial charge in [0, 0.05) is 5.92 Å². The minimum atomic E-state index is -1.06. The number of hydrogen-bond donors (Lipinski definition) is 1. The third-order valence-corrected chi connectivity index (χ3v) is 2.43. The van der Waals surface area contributed by atoms with Gasteiger partial charge < -0.3 is 5.11 Å². The maximum Gasteiger partial charge on any atom is 0.154 e. The van der Waals surface area contributed by atoms with Crippen LogP contribution in [0.15, 0.2) is 12.7 Å². The van der Waals surface area contributed by atoms with Gasteiger partial charge in [0.1, 0.15) is 0 Å². The molecule has 1 rings (SSSR count). The molecule has 2 atom stereocenters. The normalized spacial score (nSPS) is 36.5. The summed E-state index contributed by atoms with van der Waals surface area (Å²) in [7, 11) is 0. The van der Waals surface area contributed by atoms with Gasteiger partial charge in [0.25, 0.3) is 0 Å². The number of aliphatic hydroxyl groups is 1. The molecule has 0 radical (unpaired) electrons. The maximum absolute atomic E-state index is 9.68. The van der Waals surface area contributed by atoms with E-state index in [9.17, 15) is 5.11 Å². The van der Waals surface area contributed by atoms with Gasteiger partial charge in [-0.1, -0.05) is 6.08 Å². The Morgan fingerprint density at radius 3 is 3.09 bits per heavy atom. The average molecular weight is 151 g/mol. The monoisotopic (exact) mass is 151 g/mol. The van der Waals surface area contributed by atoms with Gasteiger partial charge in [-0.05, 0) is 25.7 Å². The van der Waals surface area contributed by atoms with Crippen molar-refractivity contribution in [2.24, 2.45) is 5.92 Å². The highest BCUT2D eigenvalue weighted by Crippen LogP contribution is 2.37. The predicted molar refractivity (Wildman–Crippen MR) is 42.7 cm³/mol. The molecule has 0 aromatic heterocycles. The fourth-order valence-corrected chi connectivity index (χ4v) is 1.72. The number of nitrogens with zero attached hydrogens (tertiary/aromatic N) is 1. The van der Waals surface area contributed by atoms with Crippen molar-refractivity contribution in [1.82, 2.24) is 0 Å². The Morgan fingerprint density at radius 2 is 2.55 bits per heavy atom. The Bertz CT molecular complexity index is 194. The van der Waals surface area contributed by atoms with Crippen LogP contribution in [-0.4, -0.2) is 10.7 Å². The van der Waals surface area contributed by atoms with E-state index in [4.69, 9.17) is 5.26 Å². The van der Waals surface area contributed by atoms with Crippen LogP contribution in [0.4, 0.5) is 0 Å². The zero-order chi connectivity index (χ0) is 8.32. The second-order valence-electron chi connectivity index (χ2n) is 3.15. The molecule has 60 valence electrons. The predicted octanol–water partition coefficient (Wildman–Crippen LogP) is 1.62. The summed E-state index contributed by atoms with van der Waals surface area (Å²) in [5.41, 5.74) is -1.06. The first-order valence-electron chi connectivity index (χ1n) is 3.97. The van der Waals surface area contributed by atoms with Crippen LogP contribution < -0.4 is 0 Å². The summed E-state index contributed by atoms with van der Waals surface area (Å²) in [6, 6.07) is 1.98. The molecule has 11 heavy (non-hydrogen) atoms. The Balaban J connectivity index is 2.65. The van der Waals surface area contributed by atoms with E-state index in [2.05, 4.69) is 6.58 Å². The summed E-state index contributed by atoms with van der Waals surface area (Å²) < 4.78 is 0. The molecule has 0 spiro atoms. The average Bonchev–Trinajstić information content (AvgIpc) is 2.35. The Hall–Kier alpha value is -0.810. The van der Waals surface area contributed by atoms with E-state index in [-0.39, 0.29) is 5.92 Å². The summed E-state index contributed by atoms with van der Waals surface area (Å²) in [5, 5.41) is 18.4. The molecule has 0 unspecified atom stereocenters. The molecule has 0 saturated heterocycles. The van der Waals surface area contributed by atoms with Crippen molar-refractivity contribution in [2.45, 2.75) is 31.3 Å². The molecule has 0 heterocycles. The number of rotatable bonds is 2. The highest BCUT2D eigenvalue weighted by Gasteiger charge is 2.40. The first-order valence-corrected chi connectivity index (χ1v) is 3.97. The Kier molecular flexibility index (Phi) is 2.31. The summed E-state index contributed by atoms with van der Waals surface area (Å²) in [5.74, 6) is 0.116. The fourth-order valence-electron chi connectivity index (χ4n) is 1.72. The van der Waals surface area contributed by atoms with Crippen molar-refractivity contribution in [3.8, 4) is 6.07 Å². The molecule has 2 nitrogen and oxygen atoms in total. The molecule has 1 fully saturated rings. The second-order valence-corrected chi connectivity index (χ2v) is 3.15. The van der Waals surface area contributed by atoms with Crippen molar-refractivity contribution >= 4 is 0 Å². The van der Waals surface area contributed by atoms with Crippen LogP contribution in [0.2, 0.25) is 0 Å². The van der Waals surface area contributed by atoms with Gasteiger partial charge in [-0.2, -0.15) is 5.26 Å². The maximum atomic E-state index is 9.68. The molecule has 0 aromatic carbocycles. The highest BCUT2D eigenvalue weighted by atomic mass is 16.3. The van der Waals surface area contributed by atoms with Gasteiger partial charge in [-0.25, -0.2) is 0 Å². The van der Waals surface area contributed by atoms with Crippen molar-refractivity contribution < 1.29 is 5.11 Å². The first kappa shape index (κ1) is 8.29. The standard InChI is InChI=1S/C9H13NO/c1-2-4-8-5-3-6-9(8,11)7-10/h2,8,11H,1,3-6H2/t8-,9-/m0/s1. The van der Waals surface area contributed by atoms with Crippen LogP contribution in [0.5, 0.6) is 0 Å². The van der Waals surface area contributed by atoms with Gasteiger partial charge >= 0.3 is 0 Å². The first-order chi connectivity index (χ1) is 5.23. The molecule has 0 bridgehead atoms. The number of nitriles is 1. The quantitative estimate of drug-likeness (QED) is 0.481. The van der Waals surface area contributed by atoms with E-state index in [0.29, 0.717) is 6.42 Å². The van der Waals surface area contributed by atoms with E-state index in [1.807, 2.05) is 6.07 Å². The Labute approximate surface area is 67.2 Å². The van der Waals surface area contributed by atoms with E-state index >= 15 is 0 Å². The smallest absolute Gasteiger partial charge is 0.154 e. The summed E-state index contributed by atoms with van der Waals surface area (Å²) in [6.45, 7) is 3.60. The second kappa shape index (κ2) is 3.06. The van der Waals surface area contributed by atoms with Crippen molar-refractivity contribution in [2.75, 3.05) is 0 Å². The van der Waals surface area contributed by atoms with E-state index in [0.717, 1.165) is 19.3 Å². The lowest BCUT2D eigenvalue weighted by atomic mass is 9.90. The topological polar surface area (TPSA) is 44.0 Å². The molecular weight excluding hydrogens is 138 g/mol. The lowest BCUT2D eigenvalue weighted by Crippen LogP contribution is -2.30. The zero-order valence-corrected chi connectivity index (χ0v) is 6.58. The summed E-state index contributed by atoms with van der Waals surface area (Å²) >= 11 is 0. The van der Waals surface area contributed by atoms with Gasteiger partial charge in [0.2, 0.25) is 0 Å². The lowest BCUT2D eigenvalue weighted by molar-refractivity contribution is 0.0600. The largest absolute Gasteiger partial charge is 0.375 e. The van der Waals surface area contributed by atoms with Gasteiger partial charge in [-0.15, -0.1) is 6.58 Å². The van der Waals surface area contributed by atoms with E-state index < -0.39 is 5.60 Å². The van der Waals surface area contributed by atoms with Crippen molar-refractivity contribution in [3.05, 3.63) is 12.7 Å². The fraction of sp³-hybridized carbons (Fsp3) is 0.667. The summed E-state index contributed by atoms with van der Waals surface area (Å²) in [6.07, 6.45) is 5.07. The lowest BCUT2D eigenvalue weighted by Gasteiger charge is -2.20. The third-order valence-electron chi connectivity index (χ3n) is 2.43. The van der Waals surface area contributed by atoms with E-state index in [1.165, 1.54) is 0 Å². The van der Waals surface area contributed by atoms with Crippen LogP contribution in [0, 0.1) is 17.2 Å². The number of hydrogen-bond acceptors (Lipinski definition) is 2. The van der Waals surface area contributed by atoms with Crippen LogP contribution in [0.1, 0.15) is 25.7 Å². The van der Waals surface area contributed by atoms with Gasteiger partial charge in [0.05, 0.1) is 6.07 Å². The molecular formula is C9H13NO. The molecule has 1 aliphatic carbocycles. The van der Waals surface area contributed by atoms with E-state index in [1.54, 1.807) is 6.08 Å². The molecule has 1 saturated carbocycles.